The summed E-state index contributed by atoms with van der Waals surface area (Å²) in [6, 6.07) is 0. The normalized spacial score (nSPS) is 57.5. The monoisotopic (exact) mass is 373 g/mol. The summed E-state index contributed by atoms with van der Waals surface area (Å²) in [5.74, 6) is -7.10. The van der Waals surface area contributed by atoms with Crippen molar-refractivity contribution in [2.24, 2.45) is 5.73 Å². The van der Waals surface area contributed by atoms with Gasteiger partial charge in [-0.3, -0.25) is 5.73 Å². The molecule has 0 aromatic carbocycles. The lowest BCUT2D eigenvalue weighted by molar-refractivity contribution is -0.509. The third-order valence-corrected chi connectivity index (χ3v) is 4.65. The molecule has 0 aromatic rings. The maximum absolute atomic E-state index is 10.7. The molecular weight excluding hydrogens is 350 g/mol. The van der Waals surface area contributed by atoms with Crippen molar-refractivity contribution in [3.05, 3.63) is 0 Å². The first kappa shape index (κ1) is 20.8. The Morgan fingerprint density at radius 3 is 1.68 bits per heavy atom. The minimum absolute atomic E-state index is 0.999. The first-order valence-corrected chi connectivity index (χ1v) is 7.32. The van der Waals surface area contributed by atoms with Crippen molar-refractivity contribution in [2.75, 3.05) is 13.2 Å². The Balaban J connectivity index is 2.54. The van der Waals surface area contributed by atoms with Crippen LogP contribution >= 0.6 is 0 Å². The van der Waals surface area contributed by atoms with Gasteiger partial charge in [-0.1, -0.05) is 0 Å². The van der Waals surface area contributed by atoms with E-state index < -0.39 is 73.2 Å². The van der Waals surface area contributed by atoms with Gasteiger partial charge in [-0.2, -0.15) is 0 Å². The fourth-order valence-electron chi connectivity index (χ4n) is 3.00. The van der Waals surface area contributed by atoms with E-state index in [2.05, 4.69) is 0 Å². The number of aliphatic hydroxyl groups is 10. The summed E-state index contributed by atoms with van der Waals surface area (Å²) < 4.78 is 9.65. The van der Waals surface area contributed by atoms with Gasteiger partial charge < -0.3 is 60.5 Å². The molecule has 0 spiro atoms. The summed E-state index contributed by atoms with van der Waals surface area (Å²) in [4.78, 5) is 0. The van der Waals surface area contributed by atoms with Crippen molar-refractivity contribution in [2.45, 2.75) is 60.0 Å². The van der Waals surface area contributed by atoms with E-state index in [1.54, 1.807) is 0 Å². The number of nitrogens with two attached hydrogens (primary N) is 1. The molecule has 25 heavy (non-hydrogen) atoms. The van der Waals surface area contributed by atoms with Crippen LogP contribution < -0.4 is 5.73 Å². The van der Waals surface area contributed by atoms with Crippen LogP contribution in [0.2, 0.25) is 0 Å². The van der Waals surface area contributed by atoms with Gasteiger partial charge in [0.2, 0.25) is 5.72 Å². The third-order valence-electron chi connectivity index (χ3n) is 4.65. The van der Waals surface area contributed by atoms with Crippen molar-refractivity contribution in [1.82, 2.24) is 0 Å². The predicted molar refractivity (Wildman–Crippen MR) is 73.0 cm³/mol. The molecule has 10 atom stereocenters. The Bertz CT molecular complexity index is 491. The van der Waals surface area contributed by atoms with Gasteiger partial charge in [0, 0.05) is 0 Å². The Labute approximate surface area is 140 Å². The molecule has 2 rings (SSSR count). The average Bonchev–Trinajstić information content (AvgIpc) is 2.57. The van der Waals surface area contributed by atoms with E-state index in [0.29, 0.717) is 0 Å². The second kappa shape index (κ2) is 6.58. The van der Waals surface area contributed by atoms with Crippen LogP contribution in [0.15, 0.2) is 0 Å². The number of rotatable bonds is 3. The topological polar surface area (TPSA) is 247 Å². The Hall–Kier alpha value is -0.520. The summed E-state index contributed by atoms with van der Waals surface area (Å²) in [7, 11) is 0. The highest BCUT2D eigenvalue weighted by molar-refractivity contribution is 5.14. The van der Waals surface area contributed by atoms with E-state index in [4.69, 9.17) is 20.3 Å². The quantitative estimate of drug-likeness (QED) is 0.206. The Morgan fingerprint density at radius 2 is 1.20 bits per heavy atom. The molecule has 148 valence electrons. The summed E-state index contributed by atoms with van der Waals surface area (Å²) in [6.07, 6.45) is -14.6. The van der Waals surface area contributed by atoms with Crippen LogP contribution in [0.5, 0.6) is 0 Å². The summed E-state index contributed by atoms with van der Waals surface area (Å²) >= 11 is 0. The number of hydrogen-bond donors (Lipinski definition) is 11. The molecule has 0 bridgehead atoms. The number of ether oxygens (including phenoxy) is 2. The summed E-state index contributed by atoms with van der Waals surface area (Å²) in [5.41, 5.74) is 2.00. The van der Waals surface area contributed by atoms with Crippen molar-refractivity contribution in [1.29, 1.82) is 0 Å². The molecule has 0 saturated carbocycles. The lowest BCUT2D eigenvalue weighted by Crippen LogP contribution is -2.87. The standard InChI is InChI=1S/C12H23NO12/c13-10(21)8(19)6(17)4(2-15)25-12(10,23)11(22)9(20)7(18)5(16)3(1-14)24-11/h3-9,14-23H,1-2,13H2/t3-,4-,5-,6-,7+,8+,9-,10-,11?,12?/m1/s1. The molecular formula is C12H23NO12. The van der Waals surface area contributed by atoms with Gasteiger partial charge in [0.15, 0.2) is 0 Å². The van der Waals surface area contributed by atoms with Crippen LogP contribution in [0.4, 0.5) is 0 Å². The minimum Gasteiger partial charge on any atom is -0.394 e. The van der Waals surface area contributed by atoms with E-state index in [1.165, 1.54) is 0 Å². The van der Waals surface area contributed by atoms with Gasteiger partial charge in [0.1, 0.15) is 42.7 Å². The first-order chi connectivity index (χ1) is 11.4. The van der Waals surface area contributed by atoms with E-state index in [-0.39, 0.29) is 0 Å². The number of hydrogen-bond acceptors (Lipinski definition) is 13. The van der Waals surface area contributed by atoms with Crippen LogP contribution in [0.3, 0.4) is 0 Å². The van der Waals surface area contributed by atoms with Crippen molar-refractivity contribution in [3.63, 3.8) is 0 Å². The van der Waals surface area contributed by atoms with Gasteiger partial charge in [-0.05, 0) is 0 Å². The van der Waals surface area contributed by atoms with Gasteiger partial charge in [-0.15, -0.1) is 0 Å². The van der Waals surface area contributed by atoms with E-state index >= 15 is 0 Å². The van der Waals surface area contributed by atoms with Crippen molar-refractivity contribution >= 4 is 0 Å². The molecule has 2 aliphatic rings. The zero-order chi connectivity index (χ0) is 19.4. The molecule has 0 aliphatic carbocycles. The van der Waals surface area contributed by atoms with Crippen LogP contribution in [0.1, 0.15) is 0 Å². The molecule has 0 radical (unpaired) electrons. The molecule has 0 aromatic heterocycles. The highest BCUT2D eigenvalue weighted by Crippen LogP contribution is 2.46. The Kier molecular flexibility index (Phi) is 5.47. The molecule has 0 amide bonds. The van der Waals surface area contributed by atoms with E-state index in [0.717, 1.165) is 0 Å². The van der Waals surface area contributed by atoms with Gasteiger partial charge in [-0.25, -0.2) is 0 Å². The molecule has 2 heterocycles. The third kappa shape index (κ3) is 2.69. The summed E-state index contributed by atoms with van der Waals surface area (Å²) in [5, 5.41) is 99.2. The fraction of sp³-hybridized carbons (Fsp3) is 1.00. The largest absolute Gasteiger partial charge is 0.394 e. The predicted octanol–water partition coefficient (Wildman–Crippen LogP) is -7.40. The van der Waals surface area contributed by atoms with Crippen LogP contribution in [0, 0.1) is 0 Å². The van der Waals surface area contributed by atoms with Crippen molar-refractivity contribution in [3.8, 4) is 0 Å². The highest BCUT2D eigenvalue weighted by Gasteiger charge is 2.76. The van der Waals surface area contributed by atoms with E-state index in [1.807, 2.05) is 0 Å². The second-order valence-corrected chi connectivity index (χ2v) is 6.21. The molecule has 12 N–H and O–H groups in total. The van der Waals surface area contributed by atoms with Gasteiger partial charge >= 0.3 is 0 Å². The Morgan fingerprint density at radius 1 is 0.720 bits per heavy atom. The first-order valence-electron chi connectivity index (χ1n) is 7.32. The molecule has 2 saturated heterocycles. The molecule has 2 fully saturated rings. The van der Waals surface area contributed by atoms with Crippen LogP contribution in [-0.4, -0.2) is 124 Å². The maximum atomic E-state index is 10.7. The lowest BCUT2D eigenvalue weighted by Gasteiger charge is -2.59. The molecule has 2 unspecified atom stereocenters. The maximum Gasteiger partial charge on any atom is 0.271 e. The molecule has 2 aliphatic heterocycles. The molecule has 13 nitrogen and oxygen atoms in total. The zero-order valence-electron chi connectivity index (χ0n) is 12.8. The zero-order valence-corrected chi connectivity index (χ0v) is 12.8. The highest BCUT2D eigenvalue weighted by atomic mass is 16.8. The second-order valence-electron chi connectivity index (χ2n) is 6.21. The van der Waals surface area contributed by atoms with Crippen LogP contribution in [-0.2, 0) is 9.47 Å². The van der Waals surface area contributed by atoms with Gasteiger partial charge in [0.05, 0.1) is 13.2 Å². The van der Waals surface area contributed by atoms with Crippen molar-refractivity contribution < 1.29 is 60.5 Å². The minimum atomic E-state index is -3.61. The van der Waals surface area contributed by atoms with Crippen LogP contribution in [0.25, 0.3) is 0 Å². The lowest BCUT2D eigenvalue weighted by atomic mass is 9.77. The summed E-state index contributed by atoms with van der Waals surface area (Å²) in [6.45, 7) is -2.02. The van der Waals surface area contributed by atoms with E-state index in [9.17, 15) is 46.0 Å². The number of aliphatic hydroxyl groups excluding tert-OH is 7. The van der Waals surface area contributed by atoms with Gasteiger partial charge in [0.25, 0.3) is 11.6 Å². The average molecular weight is 373 g/mol. The fourth-order valence-corrected chi connectivity index (χ4v) is 3.00. The SMILES string of the molecule is N[C@@]1(O)[C@@H](O)[C@H](O)[C@@H](CO)OC1(O)C1(O)O[C@H](CO)[C@@H](O)[C@H](O)[C@H]1O. The molecule has 13 heteroatoms. The smallest absolute Gasteiger partial charge is 0.271 e.